The van der Waals surface area contributed by atoms with E-state index in [1.807, 2.05) is 54.6 Å². The maximum absolute atomic E-state index is 12.7. The van der Waals surface area contributed by atoms with Gasteiger partial charge in [-0.05, 0) is 60.9 Å². The third-order valence-electron chi connectivity index (χ3n) is 4.65. The molecular formula is C23H19ClN2O3. The number of likely N-dealkylation sites (N-methyl/N-ethyl adjacent to an activating group) is 1. The van der Waals surface area contributed by atoms with E-state index in [1.54, 1.807) is 19.9 Å². The Kier molecular flexibility index (Phi) is 6.16. The van der Waals surface area contributed by atoms with Gasteiger partial charge in [0.2, 0.25) is 0 Å². The lowest BCUT2D eigenvalue weighted by atomic mass is 9.94. The standard InChI is InChI=1S/C23H19ClN2O3/c1-3-26-22(27)20(15(2)21(13-25)23(26)28)12-16-6-10-19(11-7-16)29-14-17-4-8-18(24)9-5-17/h4-12H,3,14H2,1-2H3/b20-12+. The number of hydrogen-bond donors (Lipinski definition) is 0. The Balaban J connectivity index is 1.80. The summed E-state index contributed by atoms with van der Waals surface area (Å²) in [5.41, 5.74) is 2.52. The van der Waals surface area contributed by atoms with Crippen LogP contribution in [0.5, 0.6) is 5.75 Å². The molecule has 0 spiro atoms. The van der Waals surface area contributed by atoms with Crippen LogP contribution in [0.4, 0.5) is 0 Å². The maximum Gasteiger partial charge on any atom is 0.271 e. The number of nitriles is 1. The minimum atomic E-state index is -0.541. The minimum absolute atomic E-state index is 0.000572. The van der Waals surface area contributed by atoms with Gasteiger partial charge in [0, 0.05) is 17.1 Å². The summed E-state index contributed by atoms with van der Waals surface area (Å²) in [6.07, 6.45) is 1.69. The van der Waals surface area contributed by atoms with E-state index in [-0.39, 0.29) is 12.1 Å². The van der Waals surface area contributed by atoms with Crippen molar-refractivity contribution in [3.63, 3.8) is 0 Å². The van der Waals surface area contributed by atoms with Crippen molar-refractivity contribution in [2.75, 3.05) is 6.54 Å². The molecule has 2 amide bonds. The average Bonchev–Trinajstić information content (AvgIpc) is 2.72. The van der Waals surface area contributed by atoms with Crippen LogP contribution in [0, 0.1) is 11.3 Å². The lowest BCUT2D eigenvalue weighted by molar-refractivity contribution is -0.140. The molecule has 0 bridgehead atoms. The van der Waals surface area contributed by atoms with E-state index >= 15 is 0 Å². The van der Waals surface area contributed by atoms with Crippen molar-refractivity contribution >= 4 is 29.5 Å². The molecule has 1 aliphatic rings. The first-order valence-electron chi connectivity index (χ1n) is 9.11. The summed E-state index contributed by atoms with van der Waals surface area (Å²) in [7, 11) is 0. The van der Waals surface area contributed by atoms with Crippen molar-refractivity contribution in [3.8, 4) is 11.8 Å². The van der Waals surface area contributed by atoms with Gasteiger partial charge >= 0.3 is 0 Å². The minimum Gasteiger partial charge on any atom is -0.489 e. The second kappa shape index (κ2) is 8.76. The summed E-state index contributed by atoms with van der Waals surface area (Å²) >= 11 is 5.88. The number of rotatable bonds is 5. The summed E-state index contributed by atoms with van der Waals surface area (Å²) in [5, 5.41) is 9.98. The summed E-state index contributed by atoms with van der Waals surface area (Å²) in [4.78, 5) is 26.0. The largest absolute Gasteiger partial charge is 0.489 e. The van der Waals surface area contributed by atoms with E-state index < -0.39 is 11.8 Å². The van der Waals surface area contributed by atoms with Crippen LogP contribution < -0.4 is 4.74 Å². The molecule has 29 heavy (non-hydrogen) atoms. The maximum atomic E-state index is 12.7. The zero-order chi connectivity index (χ0) is 21.0. The zero-order valence-electron chi connectivity index (χ0n) is 16.1. The number of hydrogen-bond acceptors (Lipinski definition) is 4. The highest BCUT2D eigenvalue weighted by Gasteiger charge is 2.34. The van der Waals surface area contributed by atoms with Crippen molar-refractivity contribution in [3.05, 3.63) is 81.4 Å². The topological polar surface area (TPSA) is 70.4 Å². The Morgan fingerprint density at radius 3 is 2.31 bits per heavy atom. The molecule has 1 aliphatic heterocycles. The molecule has 0 atom stereocenters. The van der Waals surface area contributed by atoms with E-state index in [0.29, 0.717) is 28.5 Å². The van der Waals surface area contributed by atoms with Crippen molar-refractivity contribution in [2.24, 2.45) is 0 Å². The lowest BCUT2D eigenvalue weighted by Gasteiger charge is -2.26. The normalized spacial score (nSPS) is 15.7. The Labute approximate surface area is 174 Å². The molecular weight excluding hydrogens is 388 g/mol. The van der Waals surface area contributed by atoms with Crippen LogP contribution in [0.25, 0.3) is 6.08 Å². The van der Waals surface area contributed by atoms with E-state index in [0.717, 1.165) is 16.0 Å². The molecule has 1 heterocycles. The molecule has 0 aromatic heterocycles. The van der Waals surface area contributed by atoms with Gasteiger partial charge in [0.25, 0.3) is 11.8 Å². The molecule has 0 saturated carbocycles. The summed E-state index contributed by atoms with van der Waals surface area (Å²) in [6.45, 7) is 3.95. The van der Waals surface area contributed by atoms with E-state index in [9.17, 15) is 14.9 Å². The van der Waals surface area contributed by atoms with Gasteiger partial charge in [-0.3, -0.25) is 14.5 Å². The van der Waals surface area contributed by atoms with Gasteiger partial charge in [-0.25, -0.2) is 0 Å². The number of imide groups is 1. The second-order valence-corrected chi connectivity index (χ2v) is 6.94. The average molecular weight is 407 g/mol. The molecule has 2 aromatic carbocycles. The number of carbonyl (C=O) groups is 2. The fraction of sp³-hybridized carbons (Fsp3) is 0.174. The number of carbonyl (C=O) groups excluding carboxylic acids is 2. The lowest BCUT2D eigenvalue weighted by Crippen LogP contribution is -2.42. The third-order valence-corrected chi connectivity index (χ3v) is 4.90. The zero-order valence-corrected chi connectivity index (χ0v) is 16.9. The molecule has 0 fully saturated rings. The first kappa shape index (κ1) is 20.4. The van der Waals surface area contributed by atoms with Crippen LogP contribution in [-0.4, -0.2) is 23.3 Å². The second-order valence-electron chi connectivity index (χ2n) is 6.51. The quantitative estimate of drug-likeness (QED) is 0.540. The molecule has 0 unspecified atom stereocenters. The summed E-state index contributed by atoms with van der Waals surface area (Å²) < 4.78 is 5.77. The van der Waals surface area contributed by atoms with Gasteiger partial charge in [-0.2, -0.15) is 5.26 Å². The molecule has 5 nitrogen and oxygen atoms in total. The number of halogens is 1. The van der Waals surface area contributed by atoms with Crippen LogP contribution in [0.2, 0.25) is 5.02 Å². The number of nitrogens with zero attached hydrogens (tertiary/aromatic N) is 2. The van der Waals surface area contributed by atoms with Crippen LogP contribution >= 0.6 is 11.6 Å². The van der Waals surface area contributed by atoms with Crippen molar-refractivity contribution in [2.45, 2.75) is 20.5 Å². The van der Waals surface area contributed by atoms with Gasteiger partial charge in [-0.1, -0.05) is 35.9 Å². The molecule has 2 aromatic rings. The highest BCUT2D eigenvalue weighted by atomic mass is 35.5. The predicted molar refractivity (Wildman–Crippen MR) is 111 cm³/mol. The summed E-state index contributed by atoms with van der Waals surface area (Å²) in [6, 6.07) is 16.6. The first-order chi connectivity index (χ1) is 13.9. The van der Waals surface area contributed by atoms with Gasteiger partial charge in [-0.15, -0.1) is 0 Å². The highest BCUT2D eigenvalue weighted by Crippen LogP contribution is 2.27. The smallest absolute Gasteiger partial charge is 0.271 e. The Morgan fingerprint density at radius 1 is 1.07 bits per heavy atom. The van der Waals surface area contributed by atoms with E-state index in [2.05, 4.69) is 0 Å². The number of ether oxygens (including phenoxy) is 1. The van der Waals surface area contributed by atoms with Crippen LogP contribution in [0.15, 0.2) is 65.3 Å². The Bertz CT molecular complexity index is 1050. The van der Waals surface area contributed by atoms with Gasteiger partial charge in [0.1, 0.15) is 24.0 Å². The van der Waals surface area contributed by atoms with Crippen molar-refractivity contribution in [1.82, 2.24) is 4.90 Å². The fourth-order valence-electron chi connectivity index (χ4n) is 2.99. The molecule has 146 valence electrons. The third kappa shape index (κ3) is 4.39. The van der Waals surface area contributed by atoms with Gasteiger partial charge < -0.3 is 4.74 Å². The van der Waals surface area contributed by atoms with Crippen molar-refractivity contribution < 1.29 is 14.3 Å². The monoisotopic (exact) mass is 406 g/mol. The Morgan fingerprint density at radius 2 is 1.72 bits per heavy atom. The number of benzene rings is 2. The molecule has 3 rings (SSSR count). The Hall–Kier alpha value is -3.36. The SMILES string of the molecule is CCN1C(=O)C(C#N)=C(C)/C(=C\c2ccc(OCc3ccc(Cl)cc3)cc2)C1=O. The van der Waals surface area contributed by atoms with Crippen LogP contribution in [0.1, 0.15) is 25.0 Å². The number of amides is 2. The van der Waals surface area contributed by atoms with Gasteiger partial charge in [0.15, 0.2) is 0 Å². The van der Waals surface area contributed by atoms with Crippen LogP contribution in [-0.2, 0) is 16.2 Å². The van der Waals surface area contributed by atoms with E-state index in [1.165, 1.54) is 0 Å². The van der Waals surface area contributed by atoms with E-state index in [4.69, 9.17) is 16.3 Å². The highest BCUT2D eigenvalue weighted by molar-refractivity contribution is 6.30. The van der Waals surface area contributed by atoms with Gasteiger partial charge in [0.05, 0.1) is 0 Å². The molecule has 0 saturated heterocycles. The van der Waals surface area contributed by atoms with Crippen LogP contribution in [0.3, 0.4) is 0 Å². The molecule has 0 aliphatic carbocycles. The van der Waals surface area contributed by atoms with Crippen molar-refractivity contribution in [1.29, 1.82) is 5.26 Å². The fourth-order valence-corrected chi connectivity index (χ4v) is 3.12. The molecule has 0 radical (unpaired) electrons. The first-order valence-corrected chi connectivity index (χ1v) is 9.49. The predicted octanol–water partition coefficient (Wildman–Crippen LogP) is 4.53. The molecule has 6 heteroatoms. The molecule has 0 N–H and O–H groups in total. The summed E-state index contributed by atoms with van der Waals surface area (Å²) in [5.74, 6) is -0.245.